The van der Waals surface area contributed by atoms with Crippen LogP contribution in [0.2, 0.25) is 0 Å². The number of rotatable bonds is 5. The van der Waals surface area contributed by atoms with Crippen LogP contribution in [0.1, 0.15) is 52.7 Å². The first-order chi connectivity index (χ1) is 11.2. The molecule has 3 rings (SSSR count). The minimum atomic E-state index is -0.400. The molecule has 0 aromatic carbocycles. The zero-order valence-electron chi connectivity index (χ0n) is 13.3. The Kier molecular flexibility index (Phi) is 5.46. The second-order valence-corrected chi connectivity index (χ2v) is 7.89. The number of likely N-dealkylation sites (tertiary alicyclic amines) is 1. The van der Waals surface area contributed by atoms with Gasteiger partial charge in [0.25, 0.3) is 5.91 Å². The summed E-state index contributed by atoms with van der Waals surface area (Å²) < 4.78 is 0. The summed E-state index contributed by atoms with van der Waals surface area (Å²) in [6, 6.07) is 3.95. The summed E-state index contributed by atoms with van der Waals surface area (Å²) in [5.41, 5.74) is 0.579. The fourth-order valence-electron chi connectivity index (χ4n) is 3.01. The Hall–Kier alpha value is -1.24. The van der Waals surface area contributed by atoms with Crippen molar-refractivity contribution in [1.29, 1.82) is 0 Å². The minimum Gasteiger partial charge on any atom is -0.387 e. The normalized spacial score (nSPS) is 17.4. The van der Waals surface area contributed by atoms with Crippen molar-refractivity contribution in [2.45, 2.75) is 38.7 Å². The van der Waals surface area contributed by atoms with E-state index in [1.807, 2.05) is 27.8 Å². The molecule has 0 spiro atoms. The molecular formula is C17H22N2O2S2. The molecule has 2 aromatic heterocycles. The van der Waals surface area contributed by atoms with Crippen LogP contribution in [-0.4, -0.2) is 34.0 Å². The van der Waals surface area contributed by atoms with E-state index < -0.39 is 6.10 Å². The van der Waals surface area contributed by atoms with Gasteiger partial charge in [0.1, 0.15) is 5.69 Å². The van der Waals surface area contributed by atoms with Gasteiger partial charge in [-0.2, -0.15) is 0 Å². The number of nitrogens with zero attached hydrogens (tertiary/aromatic N) is 2. The monoisotopic (exact) mass is 350 g/mol. The van der Waals surface area contributed by atoms with Gasteiger partial charge < -0.3 is 10.0 Å². The van der Waals surface area contributed by atoms with E-state index in [4.69, 9.17) is 0 Å². The Morgan fingerprint density at radius 2 is 2.22 bits per heavy atom. The van der Waals surface area contributed by atoms with E-state index in [0.717, 1.165) is 35.6 Å². The van der Waals surface area contributed by atoms with E-state index in [2.05, 4.69) is 11.9 Å². The number of thiazole rings is 1. The average Bonchev–Trinajstić information content (AvgIpc) is 3.26. The lowest BCUT2D eigenvalue weighted by Crippen LogP contribution is -2.39. The largest absolute Gasteiger partial charge is 0.387 e. The van der Waals surface area contributed by atoms with Gasteiger partial charge in [-0.05, 0) is 43.0 Å². The SMILES string of the molecule is CCCc1nc(C(=O)N2CCC([C@H](O)c3cccs3)CC2)cs1. The standard InChI is InChI=1S/C17H22N2O2S2/c1-2-4-15-18-13(11-23-15)17(21)19-8-6-12(7-9-19)16(20)14-5-3-10-22-14/h3,5,10-12,16,20H,2,4,6-9H2,1H3/t16-/m0/s1. The lowest BCUT2D eigenvalue weighted by Gasteiger charge is -2.33. The zero-order chi connectivity index (χ0) is 16.2. The number of carbonyl (C=O) groups excluding carboxylic acids is 1. The zero-order valence-corrected chi connectivity index (χ0v) is 14.9. The number of aryl methyl sites for hydroxylation is 1. The summed E-state index contributed by atoms with van der Waals surface area (Å²) in [7, 11) is 0. The van der Waals surface area contributed by atoms with Crippen molar-refractivity contribution in [3.05, 3.63) is 38.5 Å². The number of aliphatic hydroxyl groups excluding tert-OH is 1. The fraction of sp³-hybridized carbons (Fsp3) is 0.529. The van der Waals surface area contributed by atoms with Gasteiger partial charge >= 0.3 is 0 Å². The number of aliphatic hydroxyl groups is 1. The van der Waals surface area contributed by atoms with Gasteiger partial charge in [0.05, 0.1) is 11.1 Å². The molecule has 2 aromatic rings. The van der Waals surface area contributed by atoms with Crippen LogP contribution < -0.4 is 0 Å². The second kappa shape index (κ2) is 7.55. The molecule has 6 heteroatoms. The van der Waals surface area contributed by atoms with Crippen LogP contribution in [0.4, 0.5) is 0 Å². The third kappa shape index (κ3) is 3.82. The van der Waals surface area contributed by atoms with Crippen LogP contribution in [0.25, 0.3) is 0 Å². The summed E-state index contributed by atoms with van der Waals surface area (Å²) in [4.78, 5) is 19.9. The third-order valence-corrected chi connectivity index (χ3v) is 6.19. The third-order valence-electron chi connectivity index (χ3n) is 4.34. The van der Waals surface area contributed by atoms with Crippen LogP contribution in [0.3, 0.4) is 0 Å². The predicted molar refractivity (Wildman–Crippen MR) is 94.0 cm³/mol. The summed E-state index contributed by atoms with van der Waals surface area (Å²) >= 11 is 3.17. The smallest absolute Gasteiger partial charge is 0.273 e. The number of hydrogen-bond acceptors (Lipinski definition) is 5. The maximum Gasteiger partial charge on any atom is 0.273 e. The number of piperidine rings is 1. The number of amides is 1. The molecule has 1 saturated heterocycles. The first kappa shape index (κ1) is 16.6. The maximum absolute atomic E-state index is 12.5. The van der Waals surface area contributed by atoms with Crippen LogP contribution in [0.15, 0.2) is 22.9 Å². The lowest BCUT2D eigenvalue weighted by atomic mass is 9.90. The number of carbonyl (C=O) groups is 1. The Bertz CT molecular complexity index is 631. The predicted octanol–water partition coefficient (Wildman–Crippen LogP) is 3.74. The van der Waals surface area contributed by atoms with Crippen molar-refractivity contribution in [1.82, 2.24) is 9.88 Å². The number of aromatic nitrogens is 1. The highest BCUT2D eigenvalue weighted by atomic mass is 32.1. The Morgan fingerprint density at radius 1 is 1.43 bits per heavy atom. The van der Waals surface area contributed by atoms with Gasteiger partial charge in [0, 0.05) is 23.3 Å². The van der Waals surface area contributed by atoms with Gasteiger partial charge in [-0.1, -0.05) is 13.0 Å². The molecule has 0 bridgehead atoms. The quantitative estimate of drug-likeness (QED) is 0.894. The molecule has 1 fully saturated rings. The molecule has 1 N–H and O–H groups in total. The Labute approximate surface area is 144 Å². The molecule has 1 atom stereocenters. The molecule has 0 saturated carbocycles. The highest BCUT2D eigenvalue weighted by Crippen LogP contribution is 2.33. The average molecular weight is 351 g/mol. The van der Waals surface area contributed by atoms with Gasteiger partial charge in [-0.15, -0.1) is 22.7 Å². The van der Waals surface area contributed by atoms with Crippen LogP contribution in [0, 0.1) is 5.92 Å². The van der Waals surface area contributed by atoms with Crippen molar-refractivity contribution in [2.24, 2.45) is 5.92 Å². The minimum absolute atomic E-state index is 0.0349. The molecule has 4 nitrogen and oxygen atoms in total. The van der Waals surface area contributed by atoms with Crippen LogP contribution in [-0.2, 0) is 6.42 Å². The van der Waals surface area contributed by atoms with Crippen LogP contribution >= 0.6 is 22.7 Å². The van der Waals surface area contributed by atoms with E-state index in [1.165, 1.54) is 0 Å². The lowest BCUT2D eigenvalue weighted by molar-refractivity contribution is 0.0470. The first-order valence-corrected chi connectivity index (χ1v) is 9.90. The molecular weight excluding hydrogens is 328 g/mol. The molecule has 1 aliphatic rings. The van der Waals surface area contributed by atoms with Crippen molar-refractivity contribution in [3.8, 4) is 0 Å². The van der Waals surface area contributed by atoms with Crippen molar-refractivity contribution in [3.63, 3.8) is 0 Å². The first-order valence-electron chi connectivity index (χ1n) is 8.14. The molecule has 1 aliphatic heterocycles. The van der Waals surface area contributed by atoms with E-state index >= 15 is 0 Å². The van der Waals surface area contributed by atoms with E-state index in [-0.39, 0.29) is 11.8 Å². The molecule has 0 aliphatic carbocycles. The number of thiophene rings is 1. The summed E-state index contributed by atoms with van der Waals surface area (Å²) in [5, 5.41) is 15.3. The highest BCUT2D eigenvalue weighted by Gasteiger charge is 2.29. The Balaban J connectivity index is 1.56. The van der Waals surface area contributed by atoms with Crippen LogP contribution in [0.5, 0.6) is 0 Å². The summed E-state index contributed by atoms with van der Waals surface area (Å²) in [6.07, 6.45) is 3.27. The fourth-order valence-corrected chi connectivity index (χ4v) is 4.69. The second-order valence-electron chi connectivity index (χ2n) is 5.97. The highest BCUT2D eigenvalue weighted by molar-refractivity contribution is 7.10. The summed E-state index contributed by atoms with van der Waals surface area (Å²) in [6.45, 7) is 3.52. The maximum atomic E-state index is 12.5. The van der Waals surface area contributed by atoms with Crippen molar-refractivity contribution in [2.75, 3.05) is 13.1 Å². The molecule has 124 valence electrons. The van der Waals surface area contributed by atoms with Gasteiger partial charge in [0.15, 0.2) is 0 Å². The van der Waals surface area contributed by atoms with E-state index in [9.17, 15) is 9.90 Å². The van der Waals surface area contributed by atoms with Gasteiger partial charge in [-0.25, -0.2) is 4.98 Å². The van der Waals surface area contributed by atoms with E-state index in [1.54, 1.807) is 22.7 Å². The van der Waals surface area contributed by atoms with Gasteiger partial charge in [-0.3, -0.25) is 4.79 Å². The van der Waals surface area contributed by atoms with Gasteiger partial charge in [0.2, 0.25) is 0 Å². The van der Waals surface area contributed by atoms with Crippen molar-refractivity contribution < 1.29 is 9.90 Å². The topological polar surface area (TPSA) is 53.4 Å². The van der Waals surface area contributed by atoms with E-state index in [0.29, 0.717) is 18.8 Å². The van der Waals surface area contributed by atoms with Crippen molar-refractivity contribution >= 4 is 28.6 Å². The molecule has 0 radical (unpaired) electrons. The summed E-state index contributed by atoms with van der Waals surface area (Å²) in [5.74, 6) is 0.274. The molecule has 23 heavy (non-hydrogen) atoms. The molecule has 1 amide bonds. The molecule has 0 unspecified atom stereocenters. The number of hydrogen-bond donors (Lipinski definition) is 1. The molecule has 3 heterocycles. The Morgan fingerprint density at radius 3 is 2.87 bits per heavy atom.